The first-order valence-corrected chi connectivity index (χ1v) is 4.57. The van der Waals surface area contributed by atoms with Gasteiger partial charge in [-0.15, -0.1) is 0 Å². The Balaban J connectivity index is 2.91. The molecule has 0 bridgehead atoms. The molecule has 0 aliphatic carbocycles. The van der Waals surface area contributed by atoms with E-state index in [2.05, 4.69) is 0 Å². The second-order valence-corrected chi connectivity index (χ2v) is 3.17. The van der Waals surface area contributed by atoms with Crippen LogP contribution in [0.2, 0.25) is 0 Å². The van der Waals surface area contributed by atoms with Gasteiger partial charge in [0.1, 0.15) is 17.8 Å². The van der Waals surface area contributed by atoms with Gasteiger partial charge in [-0.25, -0.2) is 0 Å². The molecule has 0 heterocycles. The van der Waals surface area contributed by atoms with Crippen LogP contribution in [0.5, 0.6) is 11.5 Å². The Bertz CT molecular complexity index is 347. The number of hydrogen-bond donors (Lipinski definition) is 1. The van der Waals surface area contributed by atoms with Crippen molar-refractivity contribution < 1.29 is 19.4 Å². The first kappa shape index (κ1) is 11.5. The minimum absolute atomic E-state index is 0.0683. The lowest BCUT2D eigenvalue weighted by Crippen LogP contribution is -2.01. The molecule has 82 valence electrons. The Morgan fingerprint density at radius 1 is 1.47 bits per heavy atom. The van der Waals surface area contributed by atoms with Crippen LogP contribution in [0.15, 0.2) is 12.1 Å². The fourth-order valence-corrected chi connectivity index (χ4v) is 1.27. The summed E-state index contributed by atoms with van der Waals surface area (Å²) in [5, 5.41) is 9.57. The smallest absolute Gasteiger partial charge is 0.188 e. The number of aldehydes is 1. The summed E-state index contributed by atoms with van der Waals surface area (Å²) >= 11 is 0. The maximum Gasteiger partial charge on any atom is 0.188 e. The fraction of sp³-hybridized carbons (Fsp3) is 0.364. The summed E-state index contributed by atoms with van der Waals surface area (Å²) in [6, 6.07) is 3.22. The number of carbonyl (C=O) groups is 1. The second kappa shape index (κ2) is 5.36. The molecule has 1 rings (SSSR count). The van der Waals surface area contributed by atoms with E-state index in [0.29, 0.717) is 11.3 Å². The zero-order valence-corrected chi connectivity index (χ0v) is 8.82. The molecule has 0 fully saturated rings. The van der Waals surface area contributed by atoms with E-state index in [4.69, 9.17) is 9.47 Å². The molecule has 1 N–H and O–H groups in total. The van der Waals surface area contributed by atoms with Crippen LogP contribution in [-0.4, -0.2) is 25.3 Å². The molecule has 0 saturated heterocycles. The Kier molecular flexibility index (Phi) is 4.12. The highest BCUT2D eigenvalue weighted by Gasteiger charge is 2.07. The molecule has 15 heavy (non-hydrogen) atoms. The number of phenolic OH excluding ortho intramolecular Hbond substituents is 1. The van der Waals surface area contributed by atoms with E-state index in [0.717, 1.165) is 11.8 Å². The molecular weight excluding hydrogens is 196 g/mol. The van der Waals surface area contributed by atoms with Crippen LogP contribution in [0.25, 0.3) is 0 Å². The minimum atomic E-state index is 0.0683. The van der Waals surface area contributed by atoms with Gasteiger partial charge in [0.25, 0.3) is 0 Å². The standard InChI is InChI=1S/C11H14O4/c1-8-5-9(3-4-12)10(13)6-11(8)15-7-14-2/h4-6,13H,3,7H2,1-2H3. The normalized spacial score (nSPS) is 10.0. The molecule has 0 aliphatic rings. The first-order valence-electron chi connectivity index (χ1n) is 4.57. The summed E-state index contributed by atoms with van der Waals surface area (Å²) in [5.41, 5.74) is 1.47. The van der Waals surface area contributed by atoms with Crippen molar-refractivity contribution in [3.8, 4) is 11.5 Å². The molecule has 0 unspecified atom stereocenters. The molecule has 0 amide bonds. The van der Waals surface area contributed by atoms with E-state index in [9.17, 15) is 9.90 Å². The van der Waals surface area contributed by atoms with Crippen molar-refractivity contribution in [1.29, 1.82) is 0 Å². The summed E-state index contributed by atoms with van der Waals surface area (Å²) in [5.74, 6) is 0.628. The van der Waals surface area contributed by atoms with Crippen LogP contribution in [0.4, 0.5) is 0 Å². The molecule has 0 aromatic heterocycles. The van der Waals surface area contributed by atoms with Gasteiger partial charge in [0.2, 0.25) is 0 Å². The second-order valence-electron chi connectivity index (χ2n) is 3.17. The van der Waals surface area contributed by atoms with Gasteiger partial charge in [0.05, 0.1) is 0 Å². The third-order valence-electron chi connectivity index (χ3n) is 2.01. The van der Waals surface area contributed by atoms with Gasteiger partial charge in [0, 0.05) is 25.2 Å². The Labute approximate surface area is 88.4 Å². The molecule has 4 heteroatoms. The number of ether oxygens (including phenoxy) is 2. The highest BCUT2D eigenvalue weighted by molar-refractivity contribution is 5.59. The Hall–Kier alpha value is -1.55. The SMILES string of the molecule is COCOc1cc(O)c(CC=O)cc1C. The number of methoxy groups -OCH3 is 1. The molecule has 0 spiro atoms. The van der Waals surface area contributed by atoms with Crippen LogP contribution in [0.3, 0.4) is 0 Å². The third kappa shape index (κ3) is 2.95. The van der Waals surface area contributed by atoms with E-state index >= 15 is 0 Å². The highest BCUT2D eigenvalue weighted by atomic mass is 16.7. The predicted octanol–water partition coefficient (Wildman–Crippen LogP) is 1.42. The summed E-state index contributed by atoms with van der Waals surface area (Å²) in [6.07, 6.45) is 0.960. The Morgan fingerprint density at radius 2 is 2.20 bits per heavy atom. The van der Waals surface area contributed by atoms with Gasteiger partial charge in [-0.1, -0.05) is 0 Å². The summed E-state index contributed by atoms with van der Waals surface area (Å²) in [4.78, 5) is 10.3. The van der Waals surface area contributed by atoms with Crippen molar-refractivity contribution in [2.75, 3.05) is 13.9 Å². The Morgan fingerprint density at radius 3 is 2.80 bits per heavy atom. The topological polar surface area (TPSA) is 55.8 Å². The average molecular weight is 210 g/mol. The number of phenols is 1. The van der Waals surface area contributed by atoms with E-state index in [1.807, 2.05) is 6.92 Å². The van der Waals surface area contributed by atoms with Crippen LogP contribution in [-0.2, 0) is 16.0 Å². The number of rotatable bonds is 5. The zero-order chi connectivity index (χ0) is 11.3. The number of carbonyl (C=O) groups excluding carboxylic acids is 1. The number of benzene rings is 1. The van der Waals surface area contributed by atoms with Gasteiger partial charge < -0.3 is 19.4 Å². The zero-order valence-electron chi connectivity index (χ0n) is 8.82. The van der Waals surface area contributed by atoms with E-state index < -0.39 is 0 Å². The van der Waals surface area contributed by atoms with Gasteiger partial charge in [-0.2, -0.15) is 0 Å². The van der Waals surface area contributed by atoms with E-state index in [1.165, 1.54) is 13.2 Å². The van der Waals surface area contributed by atoms with Crippen molar-refractivity contribution in [2.45, 2.75) is 13.3 Å². The quantitative estimate of drug-likeness (QED) is 0.590. The molecular formula is C11H14O4. The number of hydrogen-bond acceptors (Lipinski definition) is 4. The van der Waals surface area contributed by atoms with Crippen molar-refractivity contribution in [3.63, 3.8) is 0 Å². The lowest BCUT2D eigenvalue weighted by molar-refractivity contribution is -0.107. The van der Waals surface area contributed by atoms with Crippen molar-refractivity contribution in [3.05, 3.63) is 23.3 Å². The molecule has 0 aliphatic heterocycles. The third-order valence-corrected chi connectivity index (χ3v) is 2.01. The molecule has 4 nitrogen and oxygen atoms in total. The molecule has 1 aromatic carbocycles. The molecule has 0 atom stereocenters. The summed E-state index contributed by atoms with van der Waals surface area (Å²) < 4.78 is 9.99. The molecule has 0 radical (unpaired) electrons. The monoisotopic (exact) mass is 210 g/mol. The first-order chi connectivity index (χ1) is 7.19. The molecule has 0 saturated carbocycles. The van der Waals surface area contributed by atoms with E-state index in [-0.39, 0.29) is 19.0 Å². The predicted molar refractivity (Wildman–Crippen MR) is 55.1 cm³/mol. The maximum atomic E-state index is 10.3. The van der Waals surface area contributed by atoms with Gasteiger partial charge in [-0.05, 0) is 18.6 Å². The van der Waals surface area contributed by atoms with Crippen LogP contribution in [0, 0.1) is 6.92 Å². The van der Waals surface area contributed by atoms with Crippen LogP contribution < -0.4 is 4.74 Å². The largest absolute Gasteiger partial charge is 0.508 e. The minimum Gasteiger partial charge on any atom is -0.508 e. The van der Waals surface area contributed by atoms with Gasteiger partial charge in [0.15, 0.2) is 6.79 Å². The van der Waals surface area contributed by atoms with Crippen LogP contribution >= 0.6 is 0 Å². The van der Waals surface area contributed by atoms with Gasteiger partial charge in [-0.3, -0.25) is 0 Å². The van der Waals surface area contributed by atoms with Crippen molar-refractivity contribution in [2.24, 2.45) is 0 Å². The molecule has 1 aromatic rings. The lowest BCUT2D eigenvalue weighted by Gasteiger charge is -2.10. The van der Waals surface area contributed by atoms with Crippen molar-refractivity contribution in [1.82, 2.24) is 0 Å². The number of aryl methyl sites for hydroxylation is 1. The van der Waals surface area contributed by atoms with Crippen molar-refractivity contribution >= 4 is 6.29 Å². The van der Waals surface area contributed by atoms with Gasteiger partial charge >= 0.3 is 0 Å². The maximum absolute atomic E-state index is 10.3. The highest BCUT2D eigenvalue weighted by Crippen LogP contribution is 2.27. The fourth-order valence-electron chi connectivity index (χ4n) is 1.27. The lowest BCUT2D eigenvalue weighted by atomic mass is 10.1. The van der Waals surface area contributed by atoms with Crippen LogP contribution in [0.1, 0.15) is 11.1 Å². The average Bonchev–Trinajstić information content (AvgIpc) is 2.21. The summed E-state index contributed by atoms with van der Waals surface area (Å²) in [6.45, 7) is 1.98. The number of aromatic hydroxyl groups is 1. The summed E-state index contributed by atoms with van der Waals surface area (Å²) in [7, 11) is 1.52. The van der Waals surface area contributed by atoms with E-state index in [1.54, 1.807) is 6.07 Å².